The first-order valence-electron chi connectivity index (χ1n) is 8.81. The molecule has 0 radical (unpaired) electrons. The highest BCUT2D eigenvalue weighted by Crippen LogP contribution is 2.33. The summed E-state index contributed by atoms with van der Waals surface area (Å²) in [6, 6.07) is 0.388. The molecule has 6 N–H and O–H groups in total. The average Bonchev–Trinajstić information content (AvgIpc) is 3.10. The highest BCUT2D eigenvalue weighted by atomic mass is 32.2. The number of amides is 1. The number of carbonyl (C=O) groups excluding carboxylic acids is 2. The van der Waals surface area contributed by atoms with Gasteiger partial charge >= 0.3 is 0 Å². The van der Waals surface area contributed by atoms with Gasteiger partial charge in [-0.3, -0.25) is 10.2 Å². The summed E-state index contributed by atoms with van der Waals surface area (Å²) in [5.74, 6) is 1.61. The van der Waals surface area contributed by atoms with E-state index in [1.54, 1.807) is 0 Å². The highest BCUT2D eigenvalue weighted by Gasteiger charge is 2.41. The van der Waals surface area contributed by atoms with E-state index in [0.29, 0.717) is 42.7 Å². The third-order valence-electron chi connectivity index (χ3n) is 4.57. The molecule has 0 aromatic carbocycles. The molecular formula is C16H29N5O2S. The van der Waals surface area contributed by atoms with Gasteiger partial charge in [0.15, 0.2) is 5.96 Å². The van der Waals surface area contributed by atoms with E-state index in [4.69, 9.17) is 11.1 Å². The van der Waals surface area contributed by atoms with E-state index in [-0.39, 0.29) is 11.9 Å². The first-order chi connectivity index (χ1) is 11.6. The minimum Gasteiger partial charge on any atom is -0.356 e. The Morgan fingerprint density at radius 3 is 3.00 bits per heavy atom. The maximum Gasteiger partial charge on any atom is 0.219 e. The molecule has 2 unspecified atom stereocenters. The van der Waals surface area contributed by atoms with E-state index in [1.165, 1.54) is 0 Å². The maximum atomic E-state index is 11.8. The summed E-state index contributed by atoms with van der Waals surface area (Å²) < 4.78 is 0. The summed E-state index contributed by atoms with van der Waals surface area (Å²) in [7, 11) is 0. The van der Waals surface area contributed by atoms with Gasteiger partial charge in [0, 0.05) is 24.0 Å². The summed E-state index contributed by atoms with van der Waals surface area (Å²) in [6.45, 7) is 0.657. The second-order valence-corrected chi connectivity index (χ2v) is 7.83. The predicted molar refractivity (Wildman–Crippen MR) is 97.2 cm³/mol. The molecule has 0 aromatic heterocycles. The fourth-order valence-electron chi connectivity index (χ4n) is 3.20. The van der Waals surface area contributed by atoms with Crippen molar-refractivity contribution in [3.05, 3.63) is 0 Å². The Morgan fingerprint density at radius 1 is 1.38 bits per heavy atom. The van der Waals surface area contributed by atoms with E-state index in [2.05, 4.69) is 16.0 Å². The van der Waals surface area contributed by atoms with Crippen molar-refractivity contribution in [3.8, 4) is 0 Å². The number of thioether (sulfide) groups is 1. The van der Waals surface area contributed by atoms with E-state index in [0.717, 1.165) is 44.1 Å². The van der Waals surface area contributed by atoms with Crippen LogP contribution in [-0.2, 0) is 9.59 Å². The van der Waals surface area contributed by atoms with E-state index >= 15 is 0 Å². The molecule has 0 saturated carbocycles. The largest absolute Gasteiger partial charge is 0.356 e. The van der Waals surface area contributed by atoms with Crippen molar-refractivity contribution in [3.63, 3.8) is 0 Å². The lowest BCUT2D eigenvalue weighted by Crippen LogP contribution is -2.36. The molecule has 2 aliphatic rings. The molecule has 2 aliphatic heterocycles. The third kappa shape index (κ3) is 5.98. The standard InChI is InChI=1S/C16H29N5O2S/c17-11(9-22)5-3-4-8-19-14(23)7-2-1-6-13-15-12(10-24-13)20-16(18)21-15/h9,11-13,15H,1-8,10,17H2,(H,19,23)(H3,18,20,21)/t11?,12-,13?,15-/m0/s1. The van der Waals surface area contributed by atoms with Crippen LogP contribution in [0.25, 0.3) is 0 Å². The summed E-state index contributed by atoms with van der Waals surface area (Å²) in [4.78, 5) is 22.2. The third-order valence-corrected chi connectivity index (χ3v) is 6.08. The number of nitrogens with one attached hydrogen (secondary N) is 4. The van der Waals surface area contributed by atoms with Crippen molar-refractivity contribution in [2.75, 3.05) is 12.3 Å². The minimum absolute atomic E-state index is 0.106. The molecule has 7 nitrogen and oxygen atoms in total. The molecule has 2 heterocycles. The molecule has 8 heteroatoms. The van der Waals surface area contributed by atoms with Crippen LogP contribution < -0.4 is 21.7 Å². The van der Waals surface area contributed by atoms with E-state index < -0.39 is 0 Å². The van der Waals surface area contributed by atoms with Crippen LogP contribution in [0.5, 0.6) is 0 Å². The van der Waals surface area contributed by atoms with Crippen molar-refractivity contribution < 1.29 is 9.59 Å². The fraction of sp³-hybridized carbons (Fsp3) is 0.812. The Balaban J connectivity index is 1.46. The Morgan fingerprint density at radius 2 is 2.21 bits per heavy atom. The highest BCUT2D eigenvalue weighted by molar-refractivity contribution is 8.00. The lowest BCUT2D eigenvalue weighted by atomic mass is 10.0. The number of guanidine groups is 1. The van der Waals surface area contributed by atoms with Crippen LogP contribution in [-0.4, -0.2) is 53.8 Å². The lowest BCUT2D eigenvalue weighted by molar-refractivity contribution is -0.121. The number of unbranched alkanes of at least 4 members (excludes halogenated alkanes) is 2. The number of hydrogen-bond donors (Lipinski definition) is 5. The van der Waals surface area contributed by atoms with Crippen molar-refractivity contribution >= 4 is 29.9 Å². The van der Waals surface area contributed by atoms with Crippen molar-refractivity contribution in [1.29, 1.82) is 5.41 Å². The molecular weight excluding hydrogens is 326 g/mol. The van der Waals surface area contributed by atoms with Gasteiger partial charge in [0.2, 0.25) is 5.91 Å². The van der Waals surface area contributed by atoms with Crippen molar-refractivity contribution in [2.24, 2.45) is 5.73 Å². The summed E-state index contributed by atoms with van der Waals surface area (Å²) >= 11 is 1.96. The zero-order valence-electron chi connectivity index (χ0n) is 14.1. The van der Waals surface area contributed by atoms with Crippen LogP contribution in [0.2, 0.25) is 0 Å². The molecule has 136 valence electrons. The summed E-state index contributed by atoms with van der Waals surface area (Å²) in [5.41, 5.74) is 5.51. The smallest absolute Gasteiger partial charge is 0.219 e. The second-order valence-electron chi connectivity index (χ2n) is 6.56. The Bertz CT molecular complexity index is 448. The number of fused-ring (bicyclic) bond motifs is 1. The van der Waals surface area contributed by atoms with Gasteiger partial charge in [-0.25, -0.2) is 0 Å². The topological polar surface area (TPSA) is 120 Å². The van der Waals surface area contributed by atoms with E-state index in [1.807, 2.05) is 11.8 Å². The molecule has 4 atom stereocenters. The first kappa shape index (κ1) is 19.1. The molecule has 2 saturated heterocycles. The predicted octanol–water partition coefficient (Wildman–Crippen LogP) is 0.340. The van der Waals surface area contributed by atoms with Gasteiger partial charge < -0.3 is 26.5 Å². The Kier molecular flexibility index (Phi) is 7.84. The fourth-order valence-corrected chi connectivity index (χ4v) is 4.74. The number of rotatable bonds is 11. The SMILES string of the molecule is N=C1N[C@H]2CSC(CCCCC(=O)NCCCCC(N)C=O)[C@H]2N1. The number of nitrogens with two attached hydrogens (primary N) is 1. The van der Waals surface area contributed by atoms with Gasteiger partial charge in [-0.15, -0.1) is 0 Å². The molecule has 24 heavy (non-hydrogen) atoms. The summed E-state index contributed by atoms with van der Waals surface area (Å²) in [5, 5.41) is 17.5. The van der Waals surface area contributed by atoms with Gasteiger partial charge in [0.05, 0.1) is 18.1 Å². The number of carbonyl (C=O) groups is 2. The van der Waals surface area contributed by atoms with Crippen LogP contribution in [0.15, 0.2) is 0 Å². The lowest BCUT2D eigenvalue weighted by Gasteiger charge is -2.16. The van der Waals surface area contributed by atoms with Crippen LogP contribution in [0, 0.1) is 5.41 Å². The quantitative estimate of drug-likeness (QED) is 0.269. The molecule has 0 spiro atoms. The van der Waals surface area contributed by atoms with Gasteiger partial charge in [0.1, 0.15) is 6.29 Å². The molecule has 0 bridgehead atoms. The molecule has 0 aliphatic carbocycles. The molecule has 2 rings (SSSR count). The monoisotopic (exact) mass is 355 g/mol. The molecule has 1 amide bonds. The zero-order valence-corrected chi connectivity index (χ0v) is 14.9. The molecule has 2 fully saturated rings. The zero-order chi connectivity index (χ0) is 17.4. The van der Waals surface area contributed by atoms with Crippen molar-refractivity contribution in [1.82, 2.24) is 16.0 Å². The Hall–Kier alpha value is -1.28. The van der Waals surface area contributed by atoms with Gasteiger partial charge in [-0.2, -0.15) is 11.8 Å². The van der Waals surface area contributed by atoms with Crippen LogP contribution in [0.1, 0.15) is 44.9 Å². The first-order valence-corrected chi connectivity index (χ1v) is 9.86. The van der Waals surface area contributed by atoms with E-state index in [9.17, 15) is 9.59 Å². The average molecular weight is 356 g/mol. The van der Waals surface area contributed by atoms with Crippen LogP contribution in [0.3, 0.4) is 0 Å². The Labute approximate surface area is 147 Å². The molecule has 0 aromatic rings. The van der Waals surface area contributed by atoms with Gasteiger partial charge in [-0.1, -0.05) is 6.42 Å². The maximum absolute atomic E-state index is 11.8. The number of aldehydes is 1. The van der Waals surface area contributed by atoms with Crippen molar-refractivity contribution in [2.45, 2.75) is 68.3 Å². The van der Waals surface area contributed by atoms with Crippen LogP contribution >= 0.6 is 11.8 Å². The number of hydrogen-bond acceptors (Lipinski definition) is 5. The van der Waals surface area contributed by atoms with Gasteiger partial charge in [0.25, 0.3) is 0 Å². The van der Waals surface area contributed by atoms with Gasteiger partial charge in [-0.05, 0) is 32.1 Å². The van der Waals surface area contributed by atoms with Crippen LogP contribution in [0.4, 0.5) is 0 Å². The normalized spacial score (nSPS) is 26.4. The summed E-state index contributed by atoms with van der Waals surface area (Å²) in [6.07, 6.45) is 6.77. The minimum atomic E-state index is -0.373. The second kappa shape index (κ2) is 9.88.